The summed E-state index contributed by atoms with van der Waals surface area (Å²) in [5, 5.41) is 1.10. The minimum atomic E-state index is 0.756. The van der Waals surface area contributed by atoms with Crippen molar-refractivity contribution in [1.29, 1.82) is 0 Å². The molecule has 0 fully saturated rings. The second-order valence-electron chi connectivity index (χ2n) is 3.17. The van der Waals surface area contributed by atoms with Crippen LogP contribution < -0.4 is 4.74 Å². The lowest BCUT2D eigenvalue weighted by Gasteiger charge is -1.97. The highest BCUT2D eigenvalue weighted by atomic mass is 16.5. The van der Waals surface area contributed by atoms with E-state index in [4.69, 9.17) is 4.74 Å². The second-order valence-corrected chi connectivity index (χ2v) is 3.17. The number of carbonyl (C=O) groups is 1. The SMILES string of the molecule is COc1ccc2cc(/C=C/C=O)[nH]c2c1. The molecule has 1 aromatic carbocycles. The molecule has 3 nitrogen and oxygen atoms in total. The Bertz CT molecular complexity index is 511. The molecule has 76 valence electrons. The molecular formula is C12H11NO2. The minimum absolute atomic E-state index is 0.756. The molecule has 0 aliphatic carbocycles. The Kier molecular flexibility index (Phi) is 2.54. The van der Waals surface area contributed by atoms with Crippen LogP contribution in [0.2, 0.25) is 0 Å². The van der Waals surface area contributed by atoms with Gasteiger partial charge in [0, 0.05) is 22.7 Å². The van der Waals surface area contributed by atoms with Gasteiger partial charge in [0.15, 0.2) is 0 Å². The van der Waals surface area contributed by atoms with Crippen molar-refractivity contribution in [3.8, 4) is 5.75 Å². The van der Waals surface area contributed by atoms with Crippen LogP contribution in [0.5, 0.6) is 5.75 Å². The average Bonchev–Trinajstić information content (AvgIpc) is 2.67. The summed E-state index contributed by atoms with van der Waals surface area (Å²) in [6, 6.07) is 7.79. The van der Waals surface area contributed by atoms with E-state index in [0.29, 0.717) is 0 Å². The zero-order chi connectivity index (χ0) is 10.7. The number of aromatic nitrogens is 1. The Balaban J connectivity index is 2.46. The molecule has 2 aromatic rings. The zero-order valence-corrected chi connectivity index (χ0v) is 8.36. The zero-order valence-electron chi connectivity index (χ0n) is 8.36. The summed E-state index contributed by atoms with van der Waals surface area (Å²) in [7, 11) is 1.64. The molecule has 0 aliphatic heterocycles. The third-order valence-corrected chi connectivity index (χ3v) is 2.20. The fourth-order valence-corrected chi connectivity index (χ4v) is 1.49. The molecular weight excluding hydrogens is 190 g/mol. The third-order valence-electron chi connectivity index (χ3n) is 2.20. The van der Waals surface area contributed by atoms with E-state index in [0.717, 1.165) is 28.6 Å². The summed E-state index contributed by atoms with van der Waals surface area (Å²) in [4.78, 5) is 13.4. The first kappa shape index (κ1) is 9.52. The highest BCUT2D eigenvalue weighted by Crippen LogP contribution is 2.21. The molecule has 2 rings (SSSR count). The normalized spacial score (nSPS) is 11.0. The van der Waals surface area contributed by atoms with Crippen LogP contribution in [0.4, 0.5) is 0 Å². The molecule has 0 amide bonds. The lowest BCUT2D eigenvalue weighted by atomic mass is 10.2. The molecule has 0 spiro atoms. The van der Waals surface area contributed by atoms with Crippen LogP contribution in [0.15, 0.2) is 30.3 Å². The Hall–Kier alpha value is -2.03. The first-order valence-electron chi connectivity index (χ1n) is 4.62. The molecule has 1 heterocycles. The number of carbonyl (C=O) groups excluding carboxylic acids is 1. The number of fused-ring (bicyclic) bond motifs is 1. The van der Waals surface area contributed by atoms with Crippen LogP contribution in [0.25, 0.3) is 17.0 Å². The summed E-state index contributed by atoms with van der Waals surface area (Å²) < 4.78 is 5.12. The highest BCUT2D eigenvalue weighted by Gasteiger charge is 1.99. The van der Waals surface area contributed by atoms with Gasteiger partial charge in [0.25, 0.3) is 0 Å². The molecule has 0 radical (unpaired) electrons. The number of aldehydes is 1. The summed E-state index contributed by atoms with van der Waals surface area (Å²) in [5.74, 6) is 0.815. The first-order valence-corrected chi connectivity index (χ1v) is 4.62. The number of rotatable bonds is 3. The summed E-state index contributed by atoms with van der Waals surface area (Å²) in [6.45, 7) is 0. The van der Waals surface area contributed by atoms with Gasteiger partial charge >= 0.3 is 0 Å². The Morgan fingerprint density at radius 2 is 2.20 bits per heavy atom. The number of benzene rings is 1. The van der Waals surface area contributed by atoms with Gasteiger partial charge in [-0.25, -0.2) is 0 Å². The Labute approximate surface area is 87.4 Å². The lowest BCUT2D eigenvalue weighted by molar-refractivity contribution is -0.104. The van der Waals surface area contributed by atoms with Gasteiger partial charge in [-0.05, 0) is 30.4 Å². The van der Waals surface area contributed by atoms with E-state index in [-0.39, 0.29) is 0 Å². The quantitative estimate of drug-likeness (QED) is 0.612. The van der Waals surface area contributed by atoms with Gasteiger partial charge in [0.05, 0.1) is 7.11 Å². The van der Waals surface area contributed by atoms with E-state index in [9.17, 15) is 4.79 Å². The van der Waals surface area contributed by atoms with Crippen LogP contribution in [0, 0.1) is 0 Å². The van der Waals surface area contributed by atoms with E-state index < -0.39 is 0 Å². The number of ether oxygens (including phenoxy) is 1. The van der Waals surface area contributed by atoms with Crippen LogP contribution >= 0.6 is 0 Å². The third kappa shape index (κ3) is 1.91. The molecule has 1 aromatic heterocycles. The number of hydrogen-bond donors (Lipinski definition) is 1. The number of hydrogen-bond acceptors (Lipinski definition) is 2. The standard InChI is InChI=1S/C12H11NO2/c1-15-11-5-4-9-7-10(3-2-6-14)13-12(9)8-11/h2-8,13H,1H3/b3-2+. The van der Waals surface area contributed by atoms with E-state index in [1.165, 1.54) is 6.08 Å². The molecule has 0 atom stereocenters. The van der Waals surface area contributed by atoms with Gasteiger partial charge in [0.1, 0.15) is 12.0 Å². The van der Waals surface area contributed by atoms with E-state index in [1.54, 1.807) is 13.2 Å². The monoisotopic (exact) mass is 201 g/mol. The first-order chi connectivity index (χ1) is 7.33. The summed E-state index contributed by atoms with van der Waals surface area (Å²) in [5.41, 5.74) is 1.91. The smallest absolute Gasteiger partial charge is 0.142 e. The van der Waals surface area contributed by atoms with Crippen molar-refractivity contribution in [2.45, 2.75) is 0 Å². The minimum Gasteiger partial charge on any atom is -0.497 e. The summed E-state index contributed by atoms with van der Waals surface area (Å²) in [6.07, 6.45) is 3.95. The van der Waals surface area contributed by atoms with Crippen molar-refractivity contribution < 1.29 is 9.53 Å². The van der Waals surface area contributed by atoms with Crippen molar-refractivity contribution >= 4 is 23.3 Å². The maximum Gasteiger partial charge on any atom is 0.142 e. The van der Waals surface area contributed by atoms with Crippen molar-refractivity contribution in [3.05, 3.63) is 36.0 Å². The number of allylic oxidation sites excluding steroid dienone is 1. The van der Waals surface area contributed by atoms with Crippen molar-refractivity contribution in [2.75, 3.05) is 7.11 Å². The maximum atomic E-state index is 10.2. The molecule has 15 heavy (non-hydrogen) atoms. The number of methoxy groups -OCH3 is 1. The molecule has 0 saturated carbocycles. The van der Waals surface area contributed by atoms with Gasteiger partial charge in [-0.15, -0.1) is 0 Å². The summed E-state index contributed by atoms with van der Waals surface area (Å²) >= 11 is 0. The second kappa shape index (κ2) is 4.00. The topological polar surface area (TPSA) is 42.1 Å². The number of nitrogens with one attached hydrogen (secondary N) is 1. The fraction of sp³-hybridized carbons (Fsp3) is 0.0833. The van der Waals surface area contributed by atoms with Gasteiger partial charge in [-0.3, -0.25) is 4.79 Å². The van der Waals surface area contributed by atoms with Crippen LogP contribution in [0.3, 0.4) is 0 Å². The molecule has 0 saturated heterocycles. The van der Waals surface area contributed by atoms with Crippen molar-refractivity contribution in [2.24, 2.45) is 0 Å². The molecule has 0 aliphatic rings. The molecule has 3 heteroatoms. The molecule has 0 bridgehead atoms. The highest BCUT2D eigenvalue weighted by molar-refractivity contribution is 5.85. The van der Waals surface area contributed by atoms with Crippen LogP contribution in [-0.4, -0.2) is 18.4 Å². The largest absolute Gasteiger partial charge is 0.497 e. The predicted octanol–water partition coefficient (Wildman–Crippen LogP) is 2.39. The fourth-order valence-electron chi connectivity index (χ4n) is 1.49. The van der Waals surface area contributed by atoms with E-state index in [1.807, 2.05) is 24.3 Å². The van der Waals surface area contributed by atoms with E-state index >= 15 is 0 Å². The van der Waals surface area contributed by atoms with Crippen LogP contribution in [-0.2, 0) is 4.79 Å². The average molecular weight is 201 g/mol. The van der Waals surface area contributed by atoms with Gasteiger partial charge in [-0.2, -0.15) is 0 Å². The van der Waals surface area contributed by atoms with Gasteiger partial charge in [-0.1, -0.05) is 0 Å². The molecule has 1 N–H and O–H groups in total. The van der Waals surface area contributed by atoms with E-state index in [2.05, 4.69) is 4.98 Å². The van der Waals surface area contributed by atoms with Crippen molar-refractivity contribution in [1.82, 2.24) is 4.98 Å². The van der Waals surface area contributed by atoms with Crippen molar-refractivity contribution in [3.63, 3.8) is 0 Å². The Morgan fingerprint density at radius 3 is 2.93 bits per heavy atom. The van der Waals surface area contributed by atoms with Gasteiger partial charge < -0.3 is 9.72 Å². The van der Waals surface area contributed by atoms with Gasteiger partial charge in [0.2, 0.25) is 0 Å². The predicted molar refractivity (Wildman–Crippen MR) is 59.9 cm³/mol. The lowest BCUT2D eigenvalue weighted by Crippen LogP contribution is -1.80. The number of H-pyrrole nitrogens is 1. The number of aromatic amines is 1. The Morgan fingerprint density at radius 1 is 1.33 bits per heavy atom. The van der Waals surface area contributed by atoms with Crippen LogP contribution in [0.1, 0.15) is 5.69 Å². The molecule has 0 unspecified atom stereocenters. The maximum absolute atomic E-state index is 10.2.